The molecular formula is C25H19ClO6. The van der Waals surface area contributed by atoms with E-state index in [2.05, 4.69) is 0 Å². The van der Waals surface area contributed by atoms with E-state index in [9.17, 15) is 9.59 Å². The minimum Gasteiger partial charge on any atom is -0.479 e. The lowest BCUT2D eigenvalue weighted by atomic mass is 10.2. The van der Waals surface area contributed by atoms with Gasteiger partial charge < -0.3 is 18.6 Å². The quantitative estimate of drug-likeness (QED) is 0.268. The average molecular weight is 451 g/mol. The van der Waals surface area contributed by atoms with Crippen molar-refractivity contribution >= 4 is 28.5 Å². The van der Waals surface area contributed by atoms with E-state index in [0.717, 1.165) is 5.56 Å². The second-order valence-corrected chi connectivity index (χ2v) is 7.58. The van der Waals surface area contributed by atoms with Crippen LogP contribution in [0.4, 0.5) is 0 Å². The Morgan fingerprint density at radius 3 is 2.47 bits per heavy atom. The Bertz CT molecular complexity index is 1330. The molecule has 162 valence electrons. The lowest BCUT2D eigenvalue weighted by molar-refractivity contribution is -0.141. The van der Waals surface area contributed by atoms with Crippen LogP contribution < -0.4 is 19.6 Å². The normalized spacial score (nSPS) is 11.7. The van der Waals surface area contributed by atoms with E-state index in [4.69, 9.17) is 30.2 Å². The summed E-state index contributed by atoms with van der Waals surface area (Å²) in [7, 11) is 0. The van der Waals surface area contributed by atoms with E-state index in [-0.39, 0.29) is 22.5 Å². The molecule has 7 heteroatoms. The highest BCUT2D eigenvalue weighted by Gasteiger charge is 2.18. The third kappa shape index (κ3) is 4.92. The lowest BCUT2D eigenvalue weighted by Gasteiger charge is -2.14. The fourth-order valence-electron chi connectivity index (χ4n) is 3.00. The summed E-state index contributed by atoms with van der Waals surface area (Å²) in [6.45, 7) is 3.51. The summed E-state index contributed by atoms with van der Waals surface area (Å²) in [4.78, 5) is 25.2. The number of hydrogen-bond acceptors (Lipinski definition) is 6. The first-order chi connectivity index (χ1) is 15.4. The van der Waals surface area contributed by atoms with Crippen molar-refractivity contribution in [3.05, 3.63) is 93.8 Å². The van der Waals surface area contributed by atoms with Gasteiger partial charge in [0.1, 0.15) is 29.1 Å². The summed E-state index contributed by atoms with van der Waals surface area (Å²) in [5.41, 5.74) is 0.946. The van der Waals surface area contributed by atoms with Crippen molar-refractivity contribution in [1.82, 2.24) is 0 Å². The van der Waals surface area contributed by atoms with E-state index >= 15 is 0 Å². The van der Waals surface area contributed by atoms with Crippen LogP contribution in [-0.4, -0.2) is 12.1 Å². The molecule has 4 rings (SSSR count). The first kappa shape index (κ1) is 21.5. The number of fused-ring (bicyclic) bond motifs is 1. The van der Waals surface area contributed by atoms with Crippen LogP contribution in [0.5, 0.6) is 23.0 Å². The van der Waals surface area contributed by atoms with Crippen molar-refractivity contribution in [3.8, 4) is 23.0 Å². The minimum atomic E-state index is -0.857. The summed E-state index contributed by atoms with van der Waals surface area (Å²) in [6, 6.07) is 18.5. The Morgan fingerprint density at radius 1 is 0.969 bits per heavy atom. The Hall–Kier alpha value is -3.77. The summed E-state index contributed by atoms with van der Waals surface area (Å²) < 4.78 is 22.2. The van der Waals surface area contributed by atoms with Crippen LogP contribution in [0.25, 0.3) is 11.0 Å². The maximum Gasteiger partial charge on any atom is 0.352 e. The Kier molecular flexibility index (Phi) is 6.14. The Balaban J connectivity index is 1.49. The molecule has 0 fully saturated rings. The highest BCUT2D eigenvalue weighted by atomic mass is 35.5. The highest BCUT2D eigenvalue weighted by molar-refractivity contribution is 6.30. The topological polar surface area (TPSA) is 75.0 Å². The van der Waals surface area contributed by atoms with Crippen molar-refractivity contribution in [1.29, 1.82) is 0 Å². The van der Waals surface area contributed by atoms with Gasteiger partial charge in [-0.15, -0.1) is 0 Å². The SMILES string of the molecule is Cc1cccc(Oc2coc3cc(OC(=O)C(C)Oc4ccc(Cl)cc4)ccc3c2=O)c1. The van der Waals surface area contributed by atoms with E-state index in [1.165, 1.54) is 24.5 Å². The molecule has 6 nitrogen and oxygen atoms in total. The van der Waals surface area contributed by atoms with Crippen LogP contribution in [0.15, 0.2) is 82.2 Å². The molecule has 0 radical (unpaired) electrons. The van der Waals surface area contributed by atoms with E-state index in [1.54, 1.807) is 37.3 Å². The molecule has 1 aromatic heterocycles. The molecule has 0 aliphatic heterocycles. The molecule has 0 bridgehead atoms. The number of carbonyl (C=O) groups is 1. The predicted molar refractivity (Wildman–Crippen MR) is 121 cm³/mol. The number of rotatable bonds is 6. The smallest absolute Gasteiger partial charge is 0.352 e. The molecule has 0 aliphatic rings. The van der Waals surface area contributed by atoms with Crippen molar-refractivity contribution in [3.63, 3.8) is 0 Å². The molecule has 1 atom stereocenters. The molecule has 32 heavy (non-hydrogen) atoms. The molecule has 0 saturated heterocycles. The van der Waals surface area contributed by atoms with E-state index < -0.39 is 12.1 Å². The minimum absolute atomic E-state index is 0.0674. The zero-order valence-corrected chi connectivity index (χ0v) is 18.1. The standard InChI is InChI=1S/C25H19ClO6/c1-15-4-3-5-19(12-15)31-23-14-29-22-13-20(10-11-21(22)24(23)27)32-25(28)16(2)30-18-8-6-17(26)7-9-18/h3-14,16H,1-2H3. The molecule has 0 aliphatic carbocycles. The van der Waals surface area contributed by atoms with Gasteiger partial charge in [-0.05, 0) is 67.9 Å². The number of aryl methyl sites for hydroxylation is 1. The summed E-state index contributed by atoms with van der Waals surface area (Å²) in [5.74, 6) is 0.727. The fourth-order valence-corrected chi connectivity index (χ4v) is 3.12. The Morgan fingerprint density at radius 2 is 1.72 bits per heavy atom. The van der Waals surface area contributed by atoms with Crippen molar-refractivity contribution in [2.75, 3.05) is 0 Å². The molecule has 0 amide bonds. The third-order valence-electron chi connectivity index (χ3n) is 4.61. The van der Waals surface area contributed by atoms with Gasteiger partial charge in [-0.1, -0.05) is 23.7 Å². The van der Waals surface area contributed by atoms with Gasteiger partial charge in [0.25, 0.3) is 0 Å². The Labute approximate surface area is 188 Å². The molecular weight excluding hydrogens is 432 g/mol. The number of carbonyl (C=O) groups excluding carboxylic acids is 1. The van der Waals surface area contributed by atoms with Gasteiger partial charge >= 0.3 is 5.97 Å². The number of benzene rings is 3. The molecule has 0 saturated carbocycles. The molecule has 1 heterocycles. The first-order valence-electron chi connectivity index (χ1n) is 9.83. The number of ether oxygens (including phenoxy) is 3. The van der Waals surface area contributed by atoms with Gasteiger partial charge in [-0.3, -0.25) is 4.79 Å². The molecule has 1 unspecified atom stereocenters. The van der Waals surface area contributed by atoms with Crippen LogP contribution in [0, 0.1) is 6.92 Å². The lowest BCUT2D eigenvalue weighted by Crippen LogP contribution is -2.28. The number of halogens is 1. The van der Waals surface area contributed by atoms with Crippen molar-refractivity contribution in [2.24, 2.45) is 0 Å². The van der Waals surface area contributed by atoms with Gasteiger partial charge in [0.05, 0.1) is 5.39 Å². The van der Waals surface area contributed by atoms with Crippen LogP contribution >= 0.6 is 11.6 Å². The largest absolute Gasteiger partial charge is 0.479 e. The second kappa shape index (κ2) is 9.16. The third-order valence-corrected chi connectivity index (χ3v) is 4.86. The van der Waals surface area contributed by atoms with Crippen LogP contribution in [-0.2, 0) is 4.79 Å². The van der Waals surface area contributed by atoms with Gasteiger partial charge in [0.15, 0.2) is 6.10 Å². The van der Waals surface area contributed by atoms with Crippen LogP contribution in [0.2, 0.25) is 5.02 Å². The van der Waals surface area contributed by atoms with Gasteiger partial charge in [-0.25, -0.2) is 4.79 Å². The maximum atomic E-state index is 12.8. The number of hydrogen-bond donors (Lipinski definition) is 0. The highest BCUT2D eigenvalue weighted by Crippen LogP contribution is 2.25. The fraction of sp³-hybridized carbons (Fsp3) is 0.120. The summed E-state index contributed by atoms with van der Waals surface area (Å²) >= 11 is 5.85. The van der Waals surface area contributed by atoms with E-state index in [1.807, 2.05) is 25.1 Å². The summed E-state index contributed by atoms with van der Waals surface area (Å²) in [5, 5.41) is 0.873. The van der Waals surface area contributed by atoms with Crippen LogP contribution in [0.3, 0.4) is 0 Å². The molecule has 3 aromatic carbocycles. The average Bonchev–Trinajstić information content (AvgIpc) is 2.77. The zero-order valence-electron chi connectivity index (χ0n) is 17.3. The van der Waals surface area contributed by atoms with Crippen molar-refractivity contribution in [2.45, 2.75) is 20.0 Å². The van der Waals surface area contributed by atoms with Crippen LogP contribution in [0.1, 0.15) is 12.5 Å². The number of esters is 1. The van der Waals surface area contributed by atoms with Crippen molar-refractivity contribution < 1.29 is 23.4 Å². The molecule has 0 N–H and O–H groups in total. The summed E-state index contributed by atoms with van der Waals surface area (Å²) in [6.07, 6.45) is 0.384. The second-order valence-electron chi connectivity index (χ2n) is 7.14. The monoisotopic (exact) mass is 450 g/mol. The zero-order chi connectivity index (χ0) is 22.7. The predicted octanol–water partition coefficient (Wildman–Crippen LogP) is 5.92. The molecule has 0 spiro atoms. The molecule has 4 aromatic rings. The first-order valence-corrected chi connectivity index (χ1v) is 10.2. The van der Waals surface area contributed by atoms with Gasteiger partial charge in [-0.2, -0.15) is 0 Å². The van der Waals surface area contributed by atoms with Gasteiger partial charge in [0, 0.05) is 11.1 Å². The van der Waals surface area contributed by atoms with Gasteiger partial charge in [0.2, 0.25) is 11.2 Å². The maximum absolute atomic E-state index is 12.8. The van der Waals surface area contributed by atoms with E-state index in [0.29, 0.717) is 21.9 Å².